The standard InChI is InChI=1S/C16H21N3O/c1-2-6-15(17)16(20)18-14-8-5-7-13(11-14)12-19-9-3-4-10-19/h1,5,7-8,11,15H,3-4,6,9-10,12,17H2,(H,18,20). The number of hydrogen-bond donors (Lipinski definition) is 2. The van der Waals surface area contributed by atoms with Crippen molar-refractivity contribution in [3.05, 3.63) is 29.8 Å². The number of nitrogens with zero attached hydrogens (tertiary/aromatic N) is 1. The lowest BCUT2D eigenvalue weighted by Crippen LogP contribution is -2.35. The molecule has 20 heavy (non-hydrogen) atoms. The second kappa shape index (κ2) is 7.09. The number of terminal acetylenes is 1. The van der Waals surface area contributed by atoms with E-state index in [1.165, 1.54) is 18.4 Å². The molecular formula is C16H21N3O. The maximum absolute atomic E-state index is 11.8. The Morgan fingerprint density at radius 1 is 1.45 bits per heavy atom. The number of nitrogens with two attached hydrogens (primary N) is 1. The van der Waals surface area contributed by atoms with Crippen LogP contribution < -0.4 is 11.1 Å². The molecule has 4 nitrogen and oxygen atoms in total. The largest absolute Gasteiger partial charge is 0.325 e. The van der Waals surface area contributed by atoms with Crippen LogP contribution in [0.5, 0.6) is 0 Å². The SMILES string of the molecule is C#CCC(N)C(=O)Nc1cccc(CN2CCCC2)c1. The first-order chi connectivity index (χ1) is 9.69. The first kappa shape index (κ1) is 14.6. The quantitative estimate of drug-likeness (QED) is 0.799. The average molecular weight is 271 g/mol. The Labute approximate surface area is 120 Å². The van der Waals surface area contributed by atoms with Crippen molar-refractivity contribution in [3.8, 4) is 12.3 Å². The molecule has 0 spiro atoms. The molecule has 1 unspecified atom stereocenters. The lowest BCUT2D eigenvalue weighted by molar-refractivity contribution is -0.117. The van der Waals surface area contributed by atoms with Crippen LogP contribution >= 0.6 is 0 Å². The molecule has 1 atom stereocenters. The highest BCUT2D eigenvalue weighted by Crippen LogP contribution is 2.16. The van der Waals surface area contributed by atoms with E-state index in [2.05, 4.69) is 22.2 Å². The molecule has 1 aromatic carbocycles. The molecule has 1 saturated heterocycles. The molecule has 1 fully saturated rings. The Bertz CT molecular complexity index is 501. The molecule has 4 heteroatoms. The third-order valence-corrected chi connectivity index (χ3v) is 3.47. The van der Waals surface area contributed by atoms with Gasteiger partial charge in [-0.25, -0.2) is 0 Å². The van der Waals surface area contributed by atoms with E-state index in [1.807, 2.05) is 18.2 Å². The van der Waals surface area contributed by atoms with Gasteiger partial charge >= 0.3 is 0 Å². The Morgan fingerprint density at radius 2 is 2.20 bits per heavy atom. The lowest BCUT2D eigenvalue weighted by Gasteiger charge is -2.16. The van der Waals surface area contributed by atoms with Crippen molar-refractivity contribution < 1.29 is 4.79 Å². The van der Waals surface area contributed by atoms with Gasteiger partial charge in [0, 0.05) is 18.7 Å². The average Bonchev–Trinajstić information content (AvgIpc) is 2.92. The van der Waals surface area contributed by atoms with Gasteiger partial charge in [0.2, 0.25) is 5.91 Å². The van der Waals surface area contributed by atoms with Crippen LogP contribution in [0.25, 0.3) is 0 Å². The van der Waals surface area contributed by atoms with Crippen molar-refractivity contribution in [2.24, 2.45) is 5.73 Å². The maximum atomic E-state index is 11.8. The van der Waals surface area contributed by atoms with Crippen LogP contribution in [0.4, 0.5) is 5.69 Å². The van der Waals surface area contributed by atoms with Crippen LogP contribution in [-0.2, 0) is 11.3 Å². The highest BCUT2D eigenvalue weighted by molar-refractivity contribution is 5.94. The number of carbonyl (C=O) groups is 1. The van der Waals surface area contributed by atoms with Gasteiger partial charge in [0.25, 0.3) is 0 Å². The Morgan fingerprint density at radius 3 is 2.90 bits per heavy atom. The molecule has 0 aromatic heterocycles. The van der Waals surface area contributed by atoms with Crippen LogP contribution in [-0.4, -0.2) is 29.9 Å². The fourth-order valence-electron chi connectivity index (χ4n) is 2.40. The number of amides is 1. The summed E-state index contributed by atoms with van der Waals surface area (Å²) in [6.45, 7) is 3.24. The summed E-state index contributed by atoms with van der Waals surface area (Å²) in [5.41, 5.74) is 7.66. The number of hydrogen-bond acceptors (Lipinski definition) is 3. The summed E-state index contributed by atoms with van der Waals surface area (Å²) in [7, 11) is 0. The fourth-order valence-corrected chi connectivity index (χ4v) is 2.40. The van der Waals surface area contributed by atoms with Gasteiger partial charge in [0.05, 0.1) is 6.04 Å². The topological polar surface area (TPSA) is 58.4 Å². The van der Waals surface area contributed by atoms with Crippen LogP contribution in [0, 0.1) is 12.3 Å². The van der Waals surface area contributed by atoms with Crippen molar-refractivity contribution >= 4 is 11.6 Å². The van der Waals surface area contributed by atoms with Crippen LogP contribution in [0.3, 0.4) is 0 Å². The lowest BCUT2D eigenvalue weighted by atomic mass is 10.1. The molecule has 0 saturated carbocycles. The number of benzene rings is 1. The van der Waals surface area contributed by atoms with Gasteiger partial charge in [-0.15, -0.1) is 12.3 Å². The molecule has 1 aliphatic rings. The minimum absolute atomic E-state index is 0.235. The van der Waals surface area contributed by atoms with Gasteiger partial charge in [-0.05, 0) is 43.6 Å². The summed E-state index contributed by atoms with van der Waals surface area (Å²) in [5.74, 6) is 2.17. The molecule has 1 amide bonds. The summed E-state index contributed by atoms with van der Waals surface area (Å²) in [4.78, 5) is 14.2. The van der Waals surface area contributed by atoms with Crippen molar-refractivity contribution in [1.29, 1.82) is 0 Å². The van der Waals surface area contributed by atoms with Crippen molar-refractivity contribution in [1.82, 2.24) is 4.90 Å². The van der Waals surface area contributed by atoms with E-state index in [1.54, 1.807) is 0 Å². The molecule has 0 bridgehead atoms. The number of carbonyl (C=O) groups excluding carboxylic acids is 1. The van der Waals surface area contributed by atoms with Gasteiger partial charge in [-0.1, -0.05) is 12.1 Å². The molecular weight excluding hydrogens is 250 g/mol. The first-order valence-corrected chi connectivity index (χ1v) is 7.00. The second-order valence-corrected chi connectivity index (χ2v) is 5.19. The summed E-state index contributed by atoms with van der Waals surface area (Å²) >= 11 is 0. The molecule has 0 radical (unpaired) electrons. The second-order valence-electron chi connectivity index (χ2n) is 5.19. The predicted octanol–water partition coefficient (Wildman–Crippen LogP) is 1.57. The molecule has 2 rings (SSSR count). The van der Waals surface area contributed by atoms with E-state index in [4.69, 9.17) is 12.2 Å². The number of anilines is 1. The molecule has 0 aliphatic carbocycles. The van der Waals surface area contributed by atoms with Gasteiger partial charge < -0.3 is 11.1 Å². The number of rotatable bonds is 5. The van der Waals surface area contributed by atoms with Crippen molar-refractivity contribution in [2.45, 2.75) is 31.8 Å². The zero-order valence-electron chi connectivity index (χ0n) is 11.6. The van der Waals surface area contributed by atoms with Gasteiger partial charge in [-0.3, -0.25) is 9.69 Å². The third kappa shape index (κ3) is 4.09. The van der Waals surface area contributed by atoms with Gasteiger partial charge in [0.15, 0.2) is 0 Å². The zero-order chi connectivity index (χ0) is 14.4. The fraction of sp³-hybridized carbons (Fsp3) is 0.438. The van der Waals surface area contributed by atoms with E-state index in [0.717, 1.165) is 25.3 Å². The first-order valence-electron chi connectivity index (χ1n) is 7.00. The minimum Gasteiger partial charge on any atom is -0.325 e. The molecule has 106 valence electrons. The predicted molar refractivity (Wildman–Crippen MR) is 81.0 cm³/mol. The minimum atomic E-state index is -0.651. The summed E-state index contributed by atoms with van der Waals surface area (Å²) in [6.07, 6.45) is 7.96. The van der Waals surface area contributed by atoms with E-state index in [9.17, 15) is 4.79 Å². The van der Waals surface area contributed by atoms with E-state index >= 15 is 0 Å². The smallest absolute Gasteiger partial charge is 0.242 e. The number of likely N-dealkylation sites (tertiary alicyclic amines) is 1. The Hall–Kier alpha value is -1.83. The highest BCUT2D eigenvalue weighted by Gasteiger charge is 2.14. The molecule has 1 aromatic rings. The summed E-state index contributed by atoms with van der Waals surface area (Å²) in [6, 6.07) is 7.25. The highest BCUT2D eigenvalue weighted by atomic mass is 16.2. The zero-order valence-corrected chi connectivity index (χ0v) is 11.6. The van der Waals surface area contributed by atoms with Crippen LogP contribution in [0.1, 0.15) is 24.8 Å². The molecule has 1 heterocycles. The normalized spacial score (nSPS) is 16.6. The van der Waals surface area contributed by atoms with Crippen molar-refractivity contribution in [3.63, 3.8) is 0 Å². The van der Waals surface area contributed by atoms with Crippen LogP contribution in [0.15, 0.2) is 24.3 Å². The van der Waals surface area contributed by atoms with Crippen LogP contribution in [0.2, 0.25) is 0 Å². The molecule has 1 aliphatic heterocycles. The Kier molecular flexibility index (Phi) is 5.16. The van der Waals surface area contributed by atoms with E-state index in [0.29, 0.717) is 0 Å². The number of nitrogens with one attached hydrogen (secondary N) is 1. The third-order valence-electron chi connectivity index (χ3n) is 3.47. The van der Waals surface area contributed by atoms with Gasteiger partial charge in [-0.2, -0.15) is 0 Å². The monoisotopic (exact) mass is 271 g/mol. The van der Waals surface area contributed by atoms with E-state index in [-0.39, 0.29) is 12.3 Å². The maximum Gasteiger partial charge on any atom is 0.242 e. The summed E-state index contributed by atoms with van der Waals surface area (Å²) < 4.78 is 0. The Balaban J connectivity index is 1.95. The van der Waals surface area contributed by atoms with Gasteiger partial charge in [0.1, 0.15) is 0 Å². The molecule has 3 N–H and O–H groups in total. The van der Waals surface area contributed by atoms with Crippen molar-refractivity contribution in [2.75, 3.05) is 18.4 Å². The van der Waals surface area contributed by atoms with E-state index < -0.39 is 6.04 Å². The summed E-state index contributed by atoms with van der Waals surface area (Å²) in [5, 5.41) is 2.81.